The van der Waals surface area contributed by atoms with E-state index in [1.165, 1.54) is 11.8 Å². The molecule has 1 heterocycles. The minimum atomic E-state index is -0.181. The predicted octanol–water partition coefficient (Wildman–Crippen LogP) is 3.79. The number of hydrogen-bond acceptors (Lipinski definition) is 6. The third kappa shape index (κ3) is 4.49. The molecule has 0 aliphatic rings. The van der Waals surface area contributed by atoms with Crippen molar-refractivity contribution >= 4 is 23.4 Å². The first-order valence-corrected chi connectivity index (χ1v) is 9.07. The van der Waals surface area contributed by atoms with Crippen LogP contribution in [0.3, 0.4) is 0 Å². The number of hydrogen-bond donors (Lipinski definition) is 1. The molecule has 0 unspecified atom stereocenters. The average molecular weight is 364 g/mol. The van der Waals surface area contributed by atoms with Gasteiger partial charge in [-0.1, -0.05) is 35.0 Å². The van der Waals surface area contributed by atoms with Gasteiger partial charge in [0, 0.05) is 5.56 Å². The van der Waals surface area contributed by atoms with Crippen LogP contribution < -0.4 is 5.32 Å². The lowest BCUT2D eigenvalue weighted by Crippen LogP contribution is -2.15. The van der Waals surface area contributed by atoms with Crippen molar-refractivity contribution in [2.75, 3.05) is 11.1 Å². The number of thioether (sulfide) groups is 1. The van der Waals surface area contributed by atoms with E-state index in [4.69, 9.17) is 9.78 Å². The molecule has 1 aromatic heterocycles. The topological polar surface area (TPSA) is 91.8 Å². The summed E-state index contributed by atoms with van der Waals surface area (Å²) in [5.41, 5.74) is 2.98. The number of nitrogens with one attached hydrogen (secondary N) is 1. The van der Waals surface area contributed by atoms with E-state index in [-0.39, 0.29) is 11.7 Å². The Hall–Kier alpha value is -3.11. The van der Waals surface area contributed by atoms with E-state index in [1.807, 2.05) is 31.2 Å². The Labute approximate surface area is 155 Å². The largest absolute Gasteiger partial charge is 0.334 e. The van der Waals surface area contributed by atoms with Crippen LogP contribution in [-0.2, 0) is 10.5 Å². The molecule has 1 amide bonds. The van der Waals surface area contributed by atoms with Crippen molar-refractivity contribution in [3.63, 3.8) is 0 Å². The van der Waals surface area contributed by atoms with Crippen LogP contribution in [0.1, 0.15) is 17.0 Å². The minimum absolute atomic E-state index is 0.181. The second-order valence-electron chi connectivity index (χ2n) is 5.58. The molecular formula is C19H16N4O2S. The van der Waals surface area contributed by atoms with Crippen LogP contribution in [0.4, 0.5) is 5.69 Å². The minimum Gasteiger partial charge on any atom is -0.334 e. The molecule has 2 aromatic carbocycles. The van der Waals surface area contributed by atoms with Gasteiger partial charge in [0.2, 0.25) is 5.91 Å². The van der Waals surface area contributed by atoms with Crippen molar-refractivity contribution in [3.05, 3.63) is 65.5 Å². The van der Waals surface area contributed by atoms with Crippen molar-refractivity contribution in [1.82, 2.24) is 10.1 Å². The van der Waals surface area contributed by atoms with Crippen LogP contribution in [0.25, 0.3) is 11.5 Å². The summed E-state index contributed by atoms with van der Waals surface area (Å²) in [4.78, 5) is 16.4. The van der Waals surface area contributed by atoms with E-state index in [2.05, 4.69) is 21.5 Å². The molecule has 0 fully saturated rings. The fourth-order valence-electron chi connectivity index (χ4n) is 2.24. The number of aromatic nitrogens is 2. The summed E-state index contributed by atoms with van der Waals surface area (Å²) in [6.07, 6.45) is 0. The van der Waals surface area contributed by atoms with Crippen LogP contribution in [-0.4, -0.2) is 21.8 Å². The molecule has 0 saturated heterocycles. The van der Waals surface area contributed by atoms with Crippen molar-refractivity contribution in [3.8, 4) is 17.5 Å². The molecule has 130 valence electrons. The second kappa shape index (κ2) is 8.32. The Balaban J connectivity index is 1.51. The van der Waals surface area contributed by atoms with Crippen LogP contribution in [0.5, 0.6) is 0 Å². The van der Waals surface area contributed by atoms with Crippen LogP contribution in [0.15, 0.2) is 53.1 Å². The monoisotopic (exact) mass is 364 g/mol. The highest BCUT2D eigenvalue weighted by Crippen LogP contribution is 2.20. The predicted molar refractivity (Wildman–Crippen MR) is 100 cm³/mol. The van der Waals surface area contributed by atoms with E-state index in [9.17, 15) is 4.79 Å². The van der Waals surface area contributed by atoms with Gasteiger partial charge in [-0.2, -0.15) is 10.2 Å². The molecule has 0 saturated carbocycles. The fraction of sp³-hybridized carbons (Fsp3) is 0.158. The Morgan fingerprint density at radius 3 is 2.77 bits per heavy atom. The molecule has 26 heavy (non-hydrogen) atoms. The number of para-hydroxylation sites is 1. The van der Waals surface area contributed by atoms with Crippen LogP contribution in [0.2, 0.25) is 0 Å². The molecule has 0 aliphatic carbocycles. The van der Waals surface area contributed by atoms with E-state index in [1.54, 1.807) is 24.3 Å². The van der Waals surface area contributed by atoms with Gasteiger partial charge in [-0.15, -0.1) is 11.8 Å². The second-order valence-corrected chi connectivity index (χ2v) is 6.57. The van der Waals surface area contributed by atoms with E-state index < -0.39 is 0 Å². The normalized spacial score (nSPS) is 10.3. The summed E-state index contributed by atoms with van der Waals surface area (Å²) in [7, 11) is 0. The molecule has 0 bridgehead atoms. The smallest absolute Gasteiger partial charge is 0.257 e. The number of aryl methyl sites for hydroxylation is 1. The van der Waals surface area contributed by atoms with Crippen molar-refractivity contribution < 1.29 is 9.32 Å². The highest BCUT2D eigenvalue weighted by atomic mass is 32.2. The third-order valence-corrected chi connectivity index (χ3v) is 4.48. The number of carbonyl (C=O) groups is 1. The van der Waals surface area contributed by atoms with Gasteiger partial charge in [0.1, 0.15) is 6.07 Å². The Bertz CT molecular complexity index is 945. The Morgan fingerprint density at radius 1 is 1.23 bits per heavy atom. The van der Waals surface area contributed by atoms with Gasteiger partial charge in [-0.3, -0.25) is 4.79 Å². The molecule has 0 atom stereocenters. The van der Waals surface area contributed by atoms with Gasteiger partial charge in [0.25, 0.3) is 5.89 Å². The molecule has 3 aromatic rings. The molecule has 3 rings (SSSR count). The summed E-state index contributed by atoms with van der Waals surface area (Å²) in [6, 6.07) is 16.8. The number of carbonyl (C=O) groups excluding carboxylic acids is 1. The number of benzene rings is 2. The van der Waals surface area contributed by atoms with Gasteiger partial charge >= 0.3 is 0 Å². The van der Waals surface area contributed by atoms with Gasteiger partial charge in [0.15, 0.2) is 5.82 Å². The lowest BCUT2D eigenvalue weighted by molar-refractivity contribution is -0.113. The summed E-state index contributed by atoms with van der Waals surface area (Å²) in [5, 5.41) is 15.7. The number of amides is 1. The zero-order valence-corrected chi connectivity index (χ0v) is 14.9. The maximum Gasteiger partial charge on any atom is 0.257 e. The van der Waals surface area contributed by atoms with E-state index in [0.717, 1.165) is 11.1 Å². The van der Waals surface area contributed by atoms with Crippen LogP contribution >= 0.6 is 11.8 Å². The first kappa shape index (κ1) is 17.7. The van der Waals surface area contributed by atoms with Crippen molar-refractivity contribution in [1.29, 1.82) is 5.26 Å². The Morgan fingerprint density at radius 2 is 2.00 bits per heavy atom. The van der Waals surface area contributed by atoms with Crippen LogP contribution in [0, 0.1) is 18.3 Å². The first-order chi connectivity index (χ1) is 12.7. The lowest BCUT2D eigenvalue weighted by atomic mass is 10.1. The molecule has 1 N–H and O–H groups in total. The van der Waals surface area contributed by atoms with Gasteiger partial charge in [-0.05, 0) is 31.2 Å². The SMILES string of the molecule is Cc1ccc(-c2nc(CSCC(=O)Nc3ccccc3C#N)no2)cc1. The number of rotatable bonds is 6. The van der Waals surface area contributed by atoms with E-state index >= 15 is 0 Å². The van der Waals surface area contributed by atoms with Gasteiger partial charge in [-0.25, -0.2) is 0 Å². The summed E-state index contributed by atoms with van der Waals surface area (Å²) in [5.74, 6) is 1.51. The zero-order chi connectivity index (χ0) is 18.4. The highest BCUT2D eigenvalue weighted by molar-refractivity contribution is 7.99. The maximum absolute atomic E-state index is 12.0. The van der Waals surface area contributed by atoms with Gasteiger partial charge < -0.3 is 9.84 Å². The quantitative estimate of drug-likeness (QED) is 0.715. The number of anilines is 1. The first-order valence-electron chi connectivity index (χ1n) is 7.92. The third-order valence-electron chi connectivity index (χ3n) is 3.55. The molecule has 0 spiro atoms. The standard InChI is InChI=1S/C19H16N4O2S/c1-13-6-8-14(9-7-13)19-22-17(23-25-19)11-26-12-18(24)21-16-5-3-2-4-15(16)10-20/h2-9H,11-12H2,1H3,(H,21,24). The molecule has 0 aliphatic heterocycles. The average Bonchev–Trinajstić information content (AvgIpc) is 3.11. The van der Waals surface area contributed by atoms with Crippen molar-refractivity contribution in [2.45, 2.75) is 12.7 Å². The van der Waals surface area contributed by atoms with E-state index in [0.29, 0.717) is 28.7 Å². The molecule has 0 radical (unpaired) electrons. The highest BCUT2D eigenvalue weighted by Gasteiger charge is 2.11. The van der Waals surface area contributed by atoms with Gasteiger partial charge in [0.05, 0.1) is 22.8 Å². The fourth-order valence-corrected chi connectivity index (χ4v) is 2.90. The van der Waals surface area contributed by atoms with Crippen molar-refractivity contribution in [2.24, 2.45) is 0 Å². The summed E-state index contributed by atoms with van der Waals surface area (Å²) in [6.45, 7) is 2.01. The number of nitrogens with zero attached hydrogens (tertiary/aromatic N) is 3. The molecule has 7 heteroatoms. The summed E-state index contributed by atoms with van der Waals surface area (Å²) < 4.78 is 5.26. The zero-order valence-electron chi connectivity index (χ0n) is 14.1. The molecular weight excluding hydrogens is 348 g/mol. The maximum atomic E-state index is 12.0. The molecule has 6 nitrogen and oxygen atoms in total. The number of nitriles is 1. The Kier molecular flexibility index (Phi) is 5.66. The lowest BCUT2D eigenvalue weighted by Gasteiger charge is -2.05. The summed E-state index contributed by atoms with van der Waals surface area (Å²) >= 11 is 1.38.